The van der Waals surface area contributed by atoms with Crippen LogP contribution >= 0.6 is 0 Å². The minimum absolute atomic E-state index is 0.412. The minimum Gasteiger partial charge on any atom is -0.357 e. The van der Waals surface area contributed by atoms with Gasteiger partial charge in [-0.05, 0) is 38.5 Å². The maximum absolute atomic E-state index is 4.81. The van der Waals surface area contributed by atoms with E-state index >= 15 is 0 Å². The van der Waals surface area contributed by atoms with E-state index in [2.05, 4.69) is 53.7 Å². The second kappa shape index (κ2) is 7.65. The lowest BCUT2D eigenvalue weighted by atomic mass is 9.93. The molecule has 1 N–H and O–H groups in total. The molecule has 0 aromatic carbocycles. The van der Waals surface area contributed by atoms with E-state index in [0.29, 0.717) is 5.41 Å². The molecule has 22 heavy (non-hydrogen) atoms. The summed E-state index contributed by atoms with van der Waals surface area (Å²) < 4.78 is 2.21. The van der Waals surface area contributed by atoms with E-state index in [4.69, 9.17) is 4.99 Å². The van der Waals surface area contributed by atoms with Gasteiger partial charge in [-0.2, -0.15) is 0 Å². The summed E-state index contributed by atoms with van der Waals surface area (Å²) in [6.45, 7) is 14.0. The molecule has 1 aromatic heterocycles. The van der Waals surface area contributed by atoms with E-state index in [-0.39, 0.29) is 0 Å². The Balaban J connectivity index is 1.77. The van der Waals surface area contributed by atoms with Crippen molar-refractivity contribution < 1.29 is 0 Å². The number of guanidine groups is 1. The Kier molecular flexibility index (Phi) is 5.86. The number of aliphatic imine (C=N–C) groups is 1. The number of unbranched alkanes of at least 4 members (excludes halogenated alkanes) is 1. The molecule has 1 aliphatic heterocycles. The molecule has 0 amide bonds. The van der Waals surface area contributed by atoms with Crippen molar-refractivity contribution in [1.82, 2.24) is 19.8 Å². The van der Waals surface area contributed by atoms with Crippen molar-refractivity contribution in [3.63, 3.8) is 0 Å². The van der Waals surface area contributed by atoms with Gasteiger partial charge in [0.05, 0.1) is 0 Å². The van der Waals surface area contributed by atoms with Crippen LogP contribution in [-0.4, -0.2) is 46.6 Å². The third-order valence-corrected chi connectivity index (χ3v) is 4.30. The predicted octanol–water partition coefficient (Wildman–Crippen LogP) is 2.67. The summed E-state index contributed by atoms with van der Waals surface area (Å²) in [5.74, 6) is 2.18. The average molecular weight is 305 g/mol. The molecule has 0 saturated carbocycles. The molecule has 1 fully saturated rings. The van der Waals surface area contributed by atoms with E-state index in [1.165, 1.54) is 6.42 Å². The lowest BCUT2D eigenvalue weighted by Crippen LogP contribution is -2.40. The average Bonchev–Trinajstić information content (AvgIpc) is 3.03. The molecule has 1 saturated heterocycles. The largest absolute Gasteiger partial charge is 0.357 e. The van der Waals surface area contributed by atoms with Crippen LogP contribution in [0.1, 0.15) is 45.9 Å². The highest BCUT2D eigenvalue weighted by Crippen LogP contribution is 2.28. The van der Waals surface area contributed by atoms with Gasteiger partial charge in [0.1, 0.15) is 5.82 Å². The zero-order valence-electron chi connectivity index (χ0n) is 14.6. The summed E-state index contributed by atoms with van der Waals surface area (Å²) in [5.41, 5.74) is 0.412. The smallest absolute Gasteiger partial charge is 0.193 e. The fourth-order valence-electron chi connectivity index (χ4n) is 2.94. The fourth-order valence-corrected chi connectivity index (χ4v) is 2.94. The molecule has 0 spiro atoms. The summed E-state index contributed by atoms with van der Waals surface area (Å²) in [5, 5.41) is 3.44. The van der Waals surface area contributed by atoms with Crippen LogP contribution < -0.4 is 5.32 Å². The molecular formula is C17H31N5. The van der Waals surface area contributed by atoms with Crippen molar-refractivity contribution >= 4 is 5.96 Å². The van der Waals surface area contributed by atoms with Crippen molar-refractivity contribution in [2.75, 3.05) is 26.2 Å². The van der Waals surface area contributed by atoms with Gasteiger partial charge in [-0.1, -0.05) is 13.8 Å². The standard InChI is InChI=1S/C17H31N5/c1-5-18-16(22-12-8-17(3,4)14-22)20-9-6-7-11-21-13-10-19-15(21)2/h10,13H,5-9,11-12,14H2,1-4H3,(H,18,20). The Morgan fingerprint density at radius 3 is 2.82 bits per heavy atom. The van der Waals surface area contributed by atoms with Gasteiger partial charge in [-0.15, -0.1) is 0 Å². The second-order valence-electron chi connectivity index (χ2n) is 6.95. The molecule has 0 unspecified atom stereocenters. The number of hydrogen-bond donors (Lipinski definition) is 1. The fraction of sp³-hybridized carbons (Fsp3) is 0.765. The molecular weight excluding hydrogens is 274 g/mol. The molecule has 1 aromatic rings. The van der Waals surface area contributed by atoms with Crippen LogP contribution in [0, 0.1) is 12.3 Å². The van der Waals surface area contributed by atoms with Gasteiger partial charge in [0.15, 0.2) is 5.96 Å². The number of likely N-dealkylation sites (tertiary alicyclic amines) is 1. The Hall–Kier alpha value is -1.52. The van der Waals surface area contributed by atoms with Crippen LogP contribution in [0.2, 0.25) is 0 Å². The number of nitrogens with zero attached hydrogens (tertiary/aromatic N) is 4. The van der Waals surface area contributed by atoms with Gasteiger partial charge in [-0.25, -0.2) is 4.98 Å². The van der Waals surface area contributed by atoms with E-state index in [0.717, 1.165) is 57.3 Å². The molecule has 0 radical (unpaired) electrons. The molecule has 0 bridgehead atoms. The molecule has 1 aliphatic rings. The SMILES string of the molecule is CCNC(=NCCCCn1ccnc1C)N1CCC(C)(C)C1. The van der Waals surface area contributed by atoms with Crippen LogP contribution in [0.3, 0.4) is 0 Å². The number of nitrogens with one attached hydrogen (secondary N) is 1. The summed E-state index contributed by atoms with van der Waals surface area (Å²) in [7, 11) is 0. The van der Waals surface area contributed by atoms with Gasteiger partial charge < -0.3 is 14.8 Å². The maximum Gasteiger partial charge on any atom is 0.193 e. The van der Waals surface area contributed by atoms with Crippen molar-refractivity contribution in [1.29, 1.82) is 0 Å². The summed E-state index contributed by atoms with van der Waals surface area (Å²) in [6, 6.07) is 0. The van der Waals surface area contributed by atoms with Crippen LogP contribution in [0.15, 0.2) is 17.4 Å². The number of aromatic nitrogens is 2. The van der Waals surface area contributed by atoms with E-state index in [9.17, 15) is 0 Å². The first-order valence-corrected chi connectivity index (χ1v) is 8.53. The number of aryl methyl sites for hydroxylation is 2. The highest BCUT2D eigenvalue weighted by molar-refractivity contribution is 5.80. The lowest BCUT2D eigenvalue weighted by molar-refractivity contribution is 0.370. The minimum atomic E-state index is 0.412. The molecule has 2 heterocycles. The van der Waals surface area contributed by atoms with Crippen LogP contribution in [0.25, 0.3) is 0 Å². The monoisotopic (exact) mass is 305 g/mol. The Morgan fingerprint density at radius 2 is 2.23 bits per heavy atom. The highest BCUT2D eigenvalue weighted by atomic mass is 15.3. The second-order valence-corrected chi connectivity index (χ2v) is 6.95. The summed E-state index contributed by atoms with van der Waals surface area (Å²) in [6.07, 6.45) is 7.42. The Labute approximate surface area is 134 Å². The Bertz CT molecular complexity index is 489. The molecule has 0 aliphatic carbocycles. The van der Waals surface area contributed by atoms with Gasteiger partial charge in [-0.3, -0.25) is 4.99 Å². The molecule has 2 rings (SSSR count). The first-order valence-electron chi connectivity index (χ1n) is 8.53. The lowest BCUT2D eigenvalue weighted by Gasteiger charge is -2.23. The van der Waals surface area contributed by atoms with Gasteiger partial charge in [0, 0.05) is 45.1 Å². The number of rotatable bonds is 6. The van der Waals surface area contributed by atoms with E-state index in [1.807, 2.05) is 6.20 Å². The van der Waals surface area contributed by atoms with Crippen LogP contribution in [0.5, 0.6) is 0 Å². The summed E-state index contributed by atoms with van der Waals surface area (Å²) >= 11 is 0. The molecule has 5 nitrogen and oxygen atoms in total. The number of hydrogen-bond acceptors (Lipinski definition) is 2. The van der Waals surface area contributed by atoms with Gasteiger partial charge in [0.25, 0.3) is 0 Å². The predicted molar refractivity (Wildman–Crippen MR) is 92.1 cm³/mol. The molecule has 0 atom stereocenters. The van der Waals surface area contributed by atoms with Crippen molar-refractivity contribution in [3.05, 3.63) is 18.2 Å². The van der Waals surface area contributed by atoms with E-state index in [1.54, 1.807) is 0 Å². The van der Waals surface area contributed by atoms with Gasteiger partial charge in [0.2, 0.25) is 0 Å². The normalized spacial score (nSPS) is 18.0. The quantitative estimate of drug-likeness (QED) is 0.499. The van der Waals surface area contributed by atoms with E-state index < -0.39 is 0 Å². The Morgan fingerprint density at radius 1 is 1.41 bits per heavy atom. The van der Waals surface area contributed by atoms with Gasteiger partial charge >= 0.3 is 0 Å². The third-order valence-electron chi connectivity index (χ3n) is 4.30. The third kappa shape index (κ3) is 4.75. The first kappa shape index (κ1) is 16.8. The highest BCUT2D eigenvalue weighted by Gasteiger charge is 2.30. The molecule has 124 valence electrons. The zero-order valence-corrected chi connectivity index (χ0v) is 14.6. The maximum atomic E-state index is 4.81. The van der Waals surface area contributed by atoms with Crippen LogP contribution in [0.4, 0.5) is 0 Å². The first-order chi connectivity index (χ1) is 10.5. The van der Waals surface area contributed by atoms with Crippen molar-refractivity contribution in [2.45, 2.75) is 53.5 Å². The van der Waals surface area contributed by atoms with Crippen molar-refractivity contribution in [2.24, 2.45) is 10.4 Å². The summed E-state index contributed by atoms with van der Waals surface area (Å²) in [4.78, 5) is 11.5. The number of imidazole rings is 1. The topological polar surface area (TPSA) is 45.5 Å². The van der Waals surface area contributed by atoms with Crippen LogP contribution in [-0.2, 0) is 6.54 Å². The molecule has 5 heteroatoms. The zero-order chi connectivity index (χ0) is 16.0. The van der Waals surface area contributed by atoms with Crippen molar-refractivity contribution in [3.8, 4) is 0 Å².